The molecule has 37 heavy (non-hydrogen) atoms. The summed E-state index contributed by atoms with van der Waals surface area (Å²) < 4.78 is 28.5. The van der Waals surface area contributed by atoms with Gasteiger partial charge in [-0.25, -0.2) is 13.1 Å². The van der Waals surface area contributed by atoms with Gasteiger partial charge in [0.15, 0.2) is 0 Å². The van der Waals surface area contributed by atoms with Crippen molar-refractivity contribution >= 4 is 38.3 Å². The van der Waals surface area contributed by atoms with E-state index >= 15 is 0 Å². The van der Waals surface area contributed by atoms with E-state index in [-0.39, 0.29) is 17.9 Å². The number of amides is 2. The number of carbonyl (C=O) groups is 2. The average Bonchev–Trinajstić information content (AvgIpc) is 2.92. The number of nitriles is 1. The zero-order valence-corrected chi connectivity index (χ0v) is 21.0. The first-order valence-electron chi connectivity index (χ1n) is 11.7. The molecule has 0 aliphatic rings. The lowest BCUT2D eigenvalue weighted by Crippen LogP contribution is -2.46. The lowest BCUT2D eigenvalue weighted by atomic mass is 9.96. The summed E-state index contributed by atoms with van der Waals surface area (Å²) in [6.07, 6.45) is -0.0348. The number of carbonyl (C=O) groups excluding carboxylic acids is 2. The number of para-hydroxylation sites is 1. The molecule has 4 aromatic rings. The lowest BCUT2D eigenvalue weighted by Gasteiger charge is -2.26. The van der Waals surface area contributed by atoms with E-state index in [1.807, 2.05) is 24.3 Å². The Balaban J connectivity index is 1.66. The Morgan fingerprint density at radius 2 is 1.54 bits per heavy atom. The van der Waals surface area contributed by atoms with Crippen LogP contribution in [0.3, 0.4) is 0 Å². The van der Waals surface area contributed by atoms with Crippen LogP contribution in [-0.2, 0) is 26.0 Å². The number of anilines is 1. The SMILES string of the molecule is CCN(C(=O)C(Cc1ccc(C#N)cc1)C(=O)NS(=O)(=O)c1ccc2ccccc2c1)c1ccccc1. The van der Waals surface area contributed by atoms with E-state index in [1.54, 1.807) is 73.7 Å². The maximum Gasteiger partial charge on any atom is 0.264 e. The predicted octanol–water partition coefficient (Wildman–Crippen LogP) is 4.43. The van der Waals surface area contributed by atoms with Crippen molar-refractivity contribution in [2.75, 3.05) is 11.4 Å². The smallest absolute Gasteiger partial charge is 0.264 e. The number of hydrogen-bond donors (Lipinski definition) is 1. The van der Waals surface area contributed by atoms with Crippen LogP contribution in [0, 0.1) is 17.2 Å². The van der Waals surface area contributed by atoms with Gasteiger partial charge in [0.2, 0.25) is 11.8 Å². The highest BCUT2D eigenvalue weighted by Gasteiger charge is 2.34. The summed E-state index contributed by atoms with van der Waals surface area (Å²) in [4.78, 5) is 28.5. The normalized spacial score (nSPS) is 11.9. The summed E-state index contributed by atoms with van der Waals surface area (Å²) in [5.41, 5.74) is 1.67. The van der Waals surface area contributed by atoms with Gasteiger partial charge in [0.25, 0.3) is 10.0 Å². The van der Waals surface area contributed by atoms with Gasteiger partial charge in [-0.15, -0.1) is 0 Å². The minimum absolute atomic E-state index is 0.0348. The molecule has 0 bridgehead atoms. The molecule has 186 valence electrons. The first kappa shape index (κ1) is 25.6. The summed E-state index contributed by atoms with van der Waals surface area (Å²) >= 11 is 0. The second-order valence-corrected chi connectivity index (χ2v) is 10.1. The molecule has 0 aliphatic carbocycles. The Morgan fingerprint density at radius 1 is 0.892 bits per heavy atom. The minimum atomic E-state index is -4.24. The zero-order valence-electron chi connectivity index (χ0n) is 20.2. The summed E-state index contributed by atoms with van der Waals surface area (Å²) in [5.74, 6) is -2.76. The highest BCUT2D eigenvalue weighted by molar-refractivity contribution is 7.90. The van der Waals surface area contributed by atoms with Crippen LogP contribution in [0.5, 0.6) is 0 Å². The van der Waals surface area contributed by atoms with Gasteiger partial charge in [-0.3, -0.25) is 9.59 Å². The fraction of sp³-hybridized carbons (Fsp3) is 0.138. The first-order chi connectivity index (χ1) is 17.8. The quantitative estimate of drug-likeness (QED) is 0.352. The zero-order chi connectivity index (χ0) is 26.4. The Hall–Kier alpha value is -4.48. The molecule has 1 unspecified atom stereocenters. The van der Waals surface area contributed by atoms with E-state index < -0.39 is 27.8 Å². The van der Waals surface area contributed by atoms with Gasteiger partial charge in [0.1, 0.15) is 5.92 Å². The van der Waals surface area contributed by atoms with Crippen LogP contribution in [-0.4, -0.2) is 26.8 Å². The van der Waals surface area contributed by atoms with Crippen LogP contribution < -0.4 is 9.62 Å². The highest BCUT2D eigenvalue weighted by atomic mass is 32.2. The maximum absolute atomic E-state index is 13.7. The number of hydrogen-bond acceptors (Lipinski definition) is 5. The van der Waals surface area contributed by atoms with Crippen LogP contribution in [0.15, 0.2) is 102 Å². The van der Waals surface area contributed by atoms with Crippen molar-refractivity contribution in [3.8, 4) is 6.07 Å². The second kappa shape index (κ2) is 11.1. The van der Waals surface area contributed by atoms with Crippen molar-refractivity contribution in [3.05, 3.63) is 108 Å². The average molecular weight is 512 g/mol. The number of rotatable bonds is 8. The van der Waals surface area contributed by atoms with Gasteiger partial charge in [0, 0.05) is 12.2 Å². The topological polar surface area (TPSA) is 107 Å². The van der Waals surface area contributed by atoms with Gasteiger partial charge in [-0.2, -0.15) is 5.26 Å². The molecule has 7 nitrogen and oxygen atoms in total. The molecule has 2 amide bonds. The van der Waals surface area contributed by atoms with E-state index in [2.05, 4.69) is 4.72 Å². The van der Waals surface area contributed by atoms with Crippen molar-refractivity contribution in [1.29, 1.82) is 5.26 Å². The molecule has 0 saturated heterocycles. The van der Waals surface area contributed by atoms with Crippen LogP contribution >= 0.6 is 0 Å². The fourth-order valence-corrected chi connectivity index (χ4v) is 5.16. The Labute approximate surface area is 216 Å². The minimum Gasteiger partial charge on any atom is -0.312 e. The molecule has 8 heteroatoms. The largest absolute Gasteiger partial charge is 0.312 e. The molecular weight excluding hydrogens is 486 g/mol. The lowest BCUT2D eigenvalue weighted by molar-refractivity contribution is -0.132. The standard InChI is InChI=1S/C29H25N3O4S/c1-2-32(25-10-4-3-5-11-25)29(34)27(18-21-12-14-22(20-30)15-13-21)28(33)31-37(35,36)26-17-16-23-8-6-7-9-24(23)19-26/h3-17,19,27H,2,18H2,1H3,(H,31,33). The van der Waals surface area contributed by atoms with Gasteiger partial charge in [-0.1, -0.05) is 60.7 Å². The van der Waals surface area contributed by atoms with Gasteiger partial charge >= 0.3 is 0 Å². The van der Waals surface area contributed by atoms with Crippen molar-refractivity contribution in [2.45, 2.75) is 18.2 Å². The molecule has 1 atom stereocenters. The van der Waals surface area contributed by atoms with E-state index in [0.29, 0.717) is 22.2 Å². The van der Waals surface area contributed by atoms with Crippen LogP contribution in [0.2, 0.25) is 0 Å². The van der Waals surface area contributed by atoms with E-state index in [1.165, 1.54) is 17.0 Å². The van der Waals surface area contributed by atoms with Crippen molar-refractivity contribution in [2.24, 2.45) is 5.92 Å². The second-order valence-electron chi connectivity index (χ2n) is 8.46. The molecule has 4 aromatic carbocycles. The molecular formula is C29H25N3O4S. The van der Waals surface area contributed by atoms with Crippen LogP contribution in [0.4, 0.5) is 5.69 Å². The molecule has 0 aromatic heterocycles. The summed E-state index contributed by atoms with van der Waals surface area (Å²) in [6, 6.07) is 29.3. The number of sulfonamides is 1. The molecule has 0 heterocycles. The van der Waals surface area contributed by atoms with Crippen molar-refractivity contribution < 1.29 is 18.0 Å². The molecule has 0 aliphatic heterocycles. The maximum atomic E-state index is 13.7. The third kappa shape index (κ3) is 5.85. The van der Waals surface area contributed by atoms with Crippen molar-refractivity contribution in [3.63, 3.8) is 0 Å². The fourth-order valence-electron chi connectivity index (χ4n) is 4.10. The summed E-state index contributed by atoms with van der Waals surface area (Å²) in [5, 5.41) is 10.7. The highest BCUT2D eigenvalue weighted by Crippen LogP contribution is 2.22. The number of nitrogens with one attached hydrogen (secondary N) is 1. The Bertz CT molecular complexity index is 1580. The summed E-state index contributed by atoms with van der Waals surface area (Å²) in [6.45, 7) is 2.07. The van der Waals surface area contributed by atoms with Crippen LogP contribution in [0.25, 0.3) is 10.8 Å². The predicted molar refractivity (Wildman–Crippen MR) is 142 cm³/mol. The Kier molecular flexibility index (Phi) is 7.66. The number of nitrogens with zero attached hydrogens (tertiary/aromatic N) is 2. The third-order valence-corrected chi connectivity index (χ3v) is 7.40. The third-order valence-electron chi connectivity index (χ3n) is 6.05. The molecule has 0 radical (unpaired) electrons. The van der Waals surface area contributed by atoms with E-state index in [0.717, 1.165) is 5.39 Å². The van der Waals surface area contributed by atoms with Gasteiger partial charge < -0.3 is 4.90 Å². The van der Waals surface area contributed by atoms with Crippen LogP contribution in [0.1, 0.15) is 18.1 Å². The van der Waals surface area contributed by atoms with Gasteiger partial charge in [0.05, 0.1) is 16.5 Å². The van der Waals surface area contributed by atoms with Gasteiger partial charge in [-0.05, 0) is 66.1 Å². The molecule has 1 N–H and O–H groups in total. The number of fused-ring (bicyclic) bond motifs is 1. The van der Waals surface area contributed by atoms with E-state index in [4.69, 9.17) is 5.26 Å². The summed E-state index contributed by atoms with van der Waals surface area (Å²) in [7, 11) is -4.24. The molecule has 4 rings (SSSR count). The molecule has 0 saturated carbocycles. The van der Waals surface area contributed by atoms with E-state index in [9.17, 15) is 18.0 Å². The molecule has 0 fully saturated rings. The first-order valence-corrected chi connectivity index (χ1v) is 13.2. The Morgan fingerprint density at radius 3 is 2.19 bits per heavy atom. The molecule has 0 spiro atoms. The van der Waals surface area contributed by atoms with Crippen molar-refractivity contribution in [1.82, 2.24) is 4.72 Å². The number of benzene rings is 4. The monoisotopic (exact) mass is 511 g/mol.